The van der Waals surface area contributed by atoms with E-state index in [2.05, 4.69) is 34.3 Å². The number of hydrogen-bond donors (Lipinski definition) is 0. The van der Waals surface area contributed by atoms with Crippen LogP contribution in [0.25, 0.3) is 11.3 Å². The lowest BCUT2D eigenvalue weighted by Crippen LogP contribution is -3.00. The van der Waals surface area contributed by atoms with Crippen LogP contribution < -0.4 is 22.0 Å². The summed E-state index contributed by atoms with van der Waals surface area (Å²) in [6.45, 7) is 5.37. The van der Waals surface area contributed by atoms with E-state index in [1.54, 1.807) is 0 Å². The highest BCUT2D eigenvalue weighted by molar-refractivity contribution is 5.62. The number of anilines is 1. The number of benzene rings is 1. The van der Waals surface area contributed by atoms with E-state index in [-0.39, 0.29) is 18.2 Å². The van der Waals surface area contributed by atoms with Gasteiger partial charge in [0.1, 0.15) is 12.4 Å². The lowest BCUT2D eigenvalue weighted by Gasteiger charge is -2.21. The smallest absolute Gasteiger partial charge is 0.297 e. The van der Waals surface area contributed by atoms with Gasteiger partial charge < -0.3 is 12.4 Å². The summed E-state index contributed by atoms with van der Waals surface area (Å²) < 4.78 is 17.6. The van der Waals surface area contributed by atoms with E-state index in [0.717, 1.165) is 30.9 Å². The second-order valence-corrected chi connectivity index (χ2v) is 5.68. The van der Waals surface area contributed by atoms with Crippen LogP contribution in [0.2, 0.25) is 0 Å². The number of hydrogen-bond acceptors (Lipinski definition) is 1. The quantitative estimate of drug-likeness (QED) is 0.732. The maximum Gasteiger partial charge on any atom is 0.297 e. The lowest BCUT2D eigenvalue weighted by atomic mass is 10.1. The highest BCUT2D eigenvalue weighted by atomic mass is 35.5. The average molecular weight is 324 g/mol. The summed E-state index contributed by atoms with van der Waals surface area (Å²) in [7, 11) is 2.08. The van der Waals surface area contributed by atoms with Gasteiger partial charge in [0.05, 0.1) is 24.8 Å². The van der Waals surface area contributed by atoms with Crippen LogP contribution in [0.1, 0.15) is 26.2 Å². The number of halogens is 2. The van der Waals surface area contributed by atoms with E-state index in [9.17, 15) is 4.39 Å². The Balaban J connectivity index is 0.00000176. The SMILES string of the molecule is CC[n+]1c(N2CCCCC2)cc(-c2ccc(F)cc2)n1C.[Cl-]. The van der Waals surface area contributed by atoms with Crippen LogP contribution in [0.15, 0.2) is 30.3 Å². The van der Waals surface area contributed by atoms with Crippen LogP contribution in [0, 0.1) is 5.82 Å². The average Bonchev–Trinajstić information content (AvgIpc) is 2.86. The molecule has 1 aromatic heterocycles. The number of piperidine rings is 1. The van der Waals surface area contributed by atoms with Crippen molar-refractivity contribution >= 4 is 5.82 Å². The molecule has 1 saturated heterocycles. The maximum absolute atomic E-state index is 13.1. The zero-order chi connectivity index (χ0) is 14.8. The number of nitrogens with zero attached hydrogens (tertiary/aromatic N) is 3. The molecule has 0 unspecified atom stereocenters. The molecule has 1 aliphatic heterocycles. The molecule has 22 heavy (non-hydrogen) atoms. The van der Waals surface area contributed by atoms with E-state index < -0.39 is 0 Å². The van der Waals surface area contributed by atoms with Gasteiger partial charge in [-0.05, 0) is 50.5 Å². The van der Waals surface area contributed by atoms with Crippen molar-refractivity contribution in [3.63, 3.8) is 0 Å². The molecule has 3 rings (SSSR count). The van der Waals surface area contributed by atoms with Crippen molar-refractivity contribution in [1.82, 2.24) is 4.68 Å². The van der Waals surface area contributed by atoms with Crippen LogP contribution in [0.5, 0.6) is 0 Å². The Morgan fingerprint density at radius 1 is 1.09 bits per heavy atom. The van der Waals surface area contributed by atoms with Crippen molar-refractivity contribution in [3.05, 3.63) is 36.1 Å². The molecule has 120 valence electrons. The van der Waals surface area contributed by atoms with Crippen molar-refractivity contribution in [3.8, 4) is 11.3 Å². The topological polar surface area (TPSA) is 12.1 Å². The lowest BCUT2D eigenvalue weighted by molar-refractivity contribution is -0.758. The second-order valence-electron chi connectivity index (χ2n) is 5.68. The Bertz CT molecular complexity index is 616. The molecule has 1 aromatic carbocycles. The van der Waals surface area contributed by atoms with Crippen LogP contribution >= 0.6 is 0 Å². The highest BCUT2D eigenvalue weighted by Crippen LogP contribution is 2.25. The summed E-state index contributed by atoms with van der Waals surface area (Å²) in [5.74, 6) is 1.09. The monoisotopic (exact) mass is 323 g/mol. The van der Waals surface area contributed by atoms with Gasteiger partial charge in [-0.1, -0.05) is 0 Å². The minimum absolute atomic E-state index is 0. The van der Waals surface area contributed by atoms with Crippen molar-refractivity contribution < 1.29 is 21.5 Å². The molecular weight excluding hydrogens is 301 g/mol. The molecule has 0 N–H and O–H groups in total. The summed E-state index contributed by atoms with van der Waals surface area (Å²) in [5.41, 5.74) is 2.20. The van der Waals surface area contributed by atoms with Crippen LogP contribution in [0.4, 0.5) is 10.2 Å². The molecule has 0 aliphatic carbocycles. The summed E-state index contributed by atoms with van der Waals surface area (Å²) in [6.07, 6.45) is 3.87. The third-order valence-electron chi connectivity index (χ3n) is 4.36. The van der Waals surface area contributed by atoms with Gasteiger partial charge in [0, 0.05) is 12.6 Å². The van der Waals surface area contributed by atoms with E-state index >= 15 is 0 Å². The largest absolute Gasteiger partial charge is 1.00 e. The zero-order valence-electron chi connectivity index (χ0n) is 13.2. The molecule has 0 bridgehead atoms. The molecular formula is C17H23ClFN3. The standard InChI is InChI=1S/C17H23FN3.ClH/c1-3-21-17(20-11-5-4-6-12-20)13-16(19(21)2)14-7-9-15(18)10-8-14;/h7-10,13H,3-6,11-12H2,1-2H3;1H/q+1;/p-1. The predicted octanol–water partition coefficient (Wildman–Crippen LogP) is 0.133. The highest BCUT2D eigenvalue weighted by Gasteiger charge is 2.26. The molecule has 0 radical (unpaired) electrons. The van der Waals surface area contributed by atoms with Gasteiger partial charge in [0.25, 0.3) is 5.82 Å². The number of aromatic nitrogens is 2. The summed E-state index contributed by atoms with van der Waals surface area (Å²) in [6, 6.07) is 9.00. The molecule has 0 saturated carbocycles. The van der Waals surface area contributed by atoms with Gasteiger partial charge in [-0.15, -0.1) is 0 Å². The van der Waals surface area contributed by atoms with E-state index in [1.807, 2.05) is 12.1 Å². The van der Waals surface area contributed by atoms with Crippen molar-refractivity contribution in [2.45, 2.75) is 32.7 Å². The summed E-state index contributed by atoms with van der Waals surface area (Å²) in [4.78, 5) is 2.47. The third-order valence-corrected chi connectivity index (χ3v) is 4.36. The van der Waals surface area contributed by atoms with Crippen molar-refractivity contribution in [2.75, 3.05) is 18.0 Å². The van der Waals surface area contributed by atoms with Crippen LogP contribution in [0.3, 0.4) is 0 Å². The minimum Gasteiger partial charge on any atom is -1.00 e. The van der Waals surface area contributed by atoms with Gasteiger partial charge in [-0.2, -0.15) is 4.68 Å². The molecule has 2 aromatic rings. The zero-order valence-corrected chi connectivity index (χ0v) is 14.0. The third kappa shape index (κ3) is 3.12. The first-order chi connectivity index (χ1) is 10.2. The first-order valence-electron chi connectivity index (χ1n) is 7.81. The van der Waals surface area contributed by atoms with Gasteiger partial charge in [0.2, 0.25) is 0 Å². The molecule has 3 nitrogen and oxygen atoms in total. The Morgan fingerprint density at radius 3 is 2.32 bits per heavy atom. The Labute approximate surface area is 137 Å². The maximum atomic E-state index is 13.1. The van der Waals surface area contributed by atoms with Gasteiger partial charge in [-0.25, -0.2) is 9.07 Å². The minimum atomic E-state index is -0.187. The first-order valence-corrected chi connectivity index (χ1v) is 7.81. The van der Waals surface area contributed by atoms with Gasteiger partial charge >= 0.3 is 0 Å². The molecule has 5 heteroatoms. The van der Waals surface area contributed by atoms with Crippen LogP contribution in [-0.2, 0) is 13.6 Å². The van der Waals surface area contributed by atoms with Crippen LogP contribution in [-0.4, -0.2) is 17.8 Å². The van der Waals surface area contributed by atoms with Crippen molar-refractivity contribution in [1.29, 1.82) is 0 Å². The molecule has 0 amide bonds. The Morgan fingerprint density at radius 2 is 1.73 bits per heavy atom. The molecule has 2 heterocycles. The van der Waals surface area contributed by atoms with Crippen molar-refractivity contribution in [2.24, 2.45) is 7.05 Å². The molecule has 0 spiro atoms. The van der Waals surface area contributed by atoms with E-state index in [0.29, 0.717) is 0 Å². The predicted molar refractivity (Wildman–Crippen MR) is 82.7 cm³/mol. The normalized spacial score (nSPS) is 14.8. The fourth-order valence-corrected chi connectivity index (χ4v) is 3.22. The summed E-state index contributed by atoms with van der Waals surface area (Å²) >= 11 is 0. The van der Waals surface area contributed by atoms with E-state index in [4.69, 9.17) is 0 Å². The molecule has 0 atom stereocenters. The molecule has 1 aliphatic rings. The Kier molecular flexibility index (Phi) is 5.46. The first kappa shape index (κ1) is 16.8. The van der Waals surface area contributed by atoms with Gasteiger partial charge in [-0.3, -0.25) is 4.90 Å². The fraction of sp³-hybridized carbons (Fsp3) is 0.471. The Hall–Kier alpha value is -1.55. The van der Waals surface area contributed by atoms with E-state index in [1.165, 1.54) is 37.2 Å². The fourth-order valence-electron chi connectivity index (χ4n) is 3.22. The molecule has 1 fully saturated rings. The summed E-state index contributed by atoms with van der Waals surface area (Å²) in [5, 5.41) is 0. The number of rotatable bonds is 3. The van der Waals surface area contributed by atoms with Gasteiger partial charge in [0.15, 0.2) is 0 Å². The second kappa shape index (κ2) is 7.14.